The van der Waals surface area contributed by atoms with Crippen molar-refractivity contribution in [2.45, 2.75) is 43.9 Å². The molecule has 53 heavy (non-hydrogen) atoms. The van der Waals surface area contributed by atoms with Crippen LogP contribution < -0.4 is 15.8 Å². The number of carbonyl (C=O) groups is 1. The number of aliphatic hydroxyl groups excluding tert-OH is 1. The Bertz CT molecular complexity index is 1950. The van der Waals surface area contributed by atoms with E-state index in [1.54, 1.807) is 36.3 Å². The summed E-state index contributed by atoms with van der Waals surface area (Å²) in [6.07, 6.45) is 3.80. The first-order valence-corrected chi connectivity index (χ1v) is 18.3. The van der Waals surface area contributed by atoms with Gasteiger partial charge in [0.2, 0.25) is 11.5 Å². The molecule has 1 amide bonds. The first kappa shape index (κ1) is 37.9. The van der Waals surface area contributed by atoms with Crippen molar-refractivity contribution in [3.05, 3.63) is 99.5 Å². The summed E-state index contributed by atoms with van der Waals surface area (Å²) in [7, 11) is 1.75. The summed E-state index contributed by atoms with van der Waals surface area (Å²) < 4.78 is 12.2. The number of phenols is 1. The average Bonchev–Trinajstić information content (AvgIpc) is 3.17. The lowest BCUT2D eigenvalue weighted by Crippen LogP contribution is -2.57. The Morgan fingerprint density at radius 2 is 1.96 bits per heavy atom. The number of ether oxygens (including phenoxy) is 2. The molecule has 2 fully saturated rings. The minimum Gasteiger partial charge on any atom is -0.506 e. The molecule has 6 rings (SSSR count). The highest BCUT2D eigenvalue weighted by molar-refractivity contribution is 5.87. The molecule has 1 unspecified atom stereocenters. The molecular weight excluding hydrogens is 674 g/mol. The molecule has 2 saturated heterocycles. The molecule has 2 aromatic heterocycles. The number of likely N-dealkylation sites (N-methyl/N-ethyl adjacent to an activating group) is 1. The van der Waals surface area contributed by atoms with Gasteiger partial charge in [0.25, 0.3) is 0 Å². The fourth-order valence-electron chi connectivity index (χ4n) is 7.24. The zero-order chi connectivity index (χ0) is 37.2. The first-order chi connectivity index (χ1) is 25.7. The van der Waals surface area contributed by atoms with E-state index >= 15 is 0 Å². The van der Waals surface area contributed by atoms with Gasteiger partial charge in [0, 0.05) is 77.1 Å². The van der Waals surface area contributed by atoms with Gasteiger partial charge < -0.3 is 39.8 Å². The topological polar surface area (TPSA) is 167 Å². The molecule has 4 N–H and O–H groups in total. The molecule has 13 heteroatoms. The maximum absolute atomic E-state index is 12.7. The highest BCUT2D eigenvalue weighted by atomic mass is 16.5. The maximum atomic E-state index is 12.7. The van der Waals surface area contributed by atoms with E-state index in [2.05, 4.69) is 55.4 Å². The minimum atomic E-state index is -0.862. The summed E-state index contributed by atoms with van der Waals surface area (Å²) in [6.45, 7) is 6.96. The number of aromatic amines is 1. The van der Waals surface area contributed by atoms with Gasteiger partial charge in [0.05, 0.1) is 49.0 Å². The third-order valence-corrected chi connectivity index (χ3v) is 10.3. The van der Waals surface area contributed by atoms with E-state index < -0.39 is 6.10 Å². The standard InChI is InChI=1S/C40H49N7O6/c1-45(19-16-42-26-35(49)32-7-9-34(48)38-33(32)8-10-36(50)44-38)37(51)12-22-52-21-11-29-4-2-5-30(24-29)27-46-17-13-40(14-18-46)28-47(20-23-53-40)39-31(25-41)6-3-15-43-39/h2-10,15,24,35,42,48-49H,11-14,16-23,26-28H2,1H3,(H,44,50). The number of H-pyrrole nitrogens is 1. The predicted molar refractivity (Wildman–Crippen MR) is 202 cm³/mol. The highest BCUT2D eigenvalue weighted by Crippen LogP contribution is 2.33. The van der Waals surface area contributed by atoms with Gasteiger partial charge in [-0.1, -0.05) is 30.3 Å². The summed E-state index contributed by atoms with van der Waals surface area (Å²) >= 11 is 0. The lowest BCUT2D eigenvalue weighted by atomic mass is 9.89. The van der Waals surface area contributed by atoms with Crippen molar-refractivity contribution < 1.29 is 24.5 Å². The number of rotatable bonds is 15. The van der Waals surface area contributed by atoms with Gasteiger partial charge in [-0.05, 0) is 60.2 Å². The number of hydrogen-bond donors (Lipinski definition) is 4. The smallest absolute Gasteiger partial charge is 0.248 e. The van der Waals surface area contributed by atoms with E-state index in [9.17, 15) is 25.1 Å². The van der Waals surface area contributed by atoms with Crippen molar-refractivity contribution in [3.63, 3.8) is 0 Å². The number of hydrogen-bond acceptors (Lipinski definition) is 11. The number of aliphatic hydroxyl groups is 1. The number of aromatic hydroxyl groups is 1. The van der Waals surface area contributed by atoms with Crippen LogP contribution in [0.3, 0.4) is 0 Å². The number of phenolic OH excluding ortho intramolecular Hbond substituents is 1. The third kappa shape index (κ3) is 9.78. The molecule has 0 aliphatic carbocycles. The van der Waals surface area contributed by atoms with E-state index in [1.165, 1.54) is 23.3 Å². The second kappa shape index (κ2) is 17.8. The van der Waals surface area contributed by atoms with Gasteiger partial charge in [-0.15, -0.1) is 0 Å². The molecule has 0 radical (unpaired) electrons. The lowest BCUT2D eigenvalue weighted by Gasteiger charge is -2.47. The number of pyridine rings is 2. The van der Waals surface area contributed by atoms with Crippen molar-refractivity contribution in [2.24, 2.45) is 0 Å². The van der Waals surface area contributed by atoms with Crippen molar-refractivity contribution in [1.29, 1.82) is 5.26 Å². The molecule has 2 aliphatic heterocycles. The van der Waals surface area contributed by atoms with Crippen LogP contribution in [0.2, 0.25) is 0 Å². The van der Waals surface area contributed by atoms with Crippen molar-refractivity contribution in [1.82, 2.24) is 25.1 Å². The number of likely N-dealkylation sites (tertiary alicyclic amines) is 1. The number of fused-ring (bicyclic) bond motifs is 1. The molecule has 2 aromatic carbocycles. The Morgan fingerprint density at radius 3 is 2.79 bits per heavy atom. The van der Waals surface area contributed by atoms with Crippen LogP contribution in [0, 0.1) is 11.3 Å². The first-order valence-electron chi connectivity index (χ1n) is 18.3. The molecule has 0 saturated carbocycles. The largest absolute Gasteiger partial charge is 0.506 e. The summed E-state index contributed by atoms with van der Waals surface area (Å²) in [6, 6.07) is 20.6. The number of carbonyl (C=O) groups excluding carboxylic acids is 1. The van der Waals surface area contributed by atoms with Crippen LogP contribution in [0.15, 0.2) is 71.7 Å². The summed E-state index contributed by atoms with van der Waals surface area (Å²) in [5.41, 5.74) is 3.41. The van der Waals surface area contributed by atoms with Crippen LogP contribution in [0.25, 0.3) is 10.9 Å². The van der Waals surface area contributed by atoms with Crippen LogP contribution in [0.5, 0.6) is 5.75 Å². The zero-order valence-corrected chi connectivity index (χ0v) is 30.3. The Labute approximate surface area is 309 Å². The van der Waals surface area contributed by atoms with Crippen molar-refractivity contribution in [2.75, 3.05) is 77.6 Å². The van der Waals surface area contributed by atoms with Crippen molar-refractivity contribution >= 4 is 22.6 Å². The number of nitrogens with one attached hydrogen (secondary N) is 2. The highest BCUT2D eigenvalue weighted by Gasteiger charge is 2.40. The van der Waals surface area contributed by atoms with Gasteiger partial charge in [0.15, 0.2) is 0 Å². The number of nitrogens with zero attached hydrogens (tertiary/aromatic N) is 5. The van der Waals surface area contributed by atoms with E-state index in [4.69, 9.17) is 9.47 Å². The number of aromatic nitrogens is 2. The van der Waals surface area contributed by atoms with Crippen LogP contribution in [-0.2, 0) is 27.2 Å². The average molecular weight is 724 g/mol. The SMILES string of the molecule is CN(CCNCC(O)c1ccc(O)c2[nH]c(=O)ccc12)C(=O)CCOCCc1cccc(CN2CCC3(CC2)CN(c2ncccc2C#N)CCO3)c1. The van der Waals surface area contributed by atoms with E-state index in [-0.39, 0.29) is 35.8 Å². The van der Waals surface area contributed by atoms with Gasteiger partial charge in [-0.2, -0.15) is 5.26 Å². The molecule has 0 bridgehead atoms. The number of amides is 1. The third-order valence-electron chi connectivity index (χ3n) is 10.3. The van der Waals surface area contributed by atoms with Gasteiger partial charge in [-0.3, -0.25) is 14.5 Å². The fraction of sp³-hybridized carbons (Fsp3) is 0.450. The second-order valence-corrected chi connectivity index (χ2v) is 14.0. The van der Waals surface area contributed by atoms with E-state index in [0.717, 1.165) is 57.8 Å². The van der Waals surface area contributed by atoms with Crippen molar-refractivity contribution in [3.8, 4) is 11.8 Å². The predicted octanol–water partition coefficient (Wildman–Crippen LogP) is 3.10. The summed E-state index contributed by atoms with van der Waals surface area (Å²) in [4.78, 5) is 37.8. The molecule has 4 heterocycles. The number of morpholine rings is 1. The molecule has 1 atom stereocenters. The Morgan fingerprint density at radius 1 is 1.13 bits per heavy atom. The van der Waals surface area contributed by atoms with Crippen LogP contribution >= 0.6 is 0 Å². The number of anilines is 1. The molecule has 1 spiro atoms. The fourth-order valence-corrected chi connectivity index (χ4v) is 7.24. The monoisotopic (exact) mass is 723 g/mol. The summed E-state index contributed by atoms with van der Waals surface area (Å²) in [5.74, 6) is 0.685. The van der Waals surface area contributed by atoms with Gasteiger partial charge in [0.1, 0.15) is 17.6 Å². The Hall–Kier alpha value is -4.84. The minimum absolute atomic E-state index is 0.0128. The van der Waals surface area contributed by atoms with Gasteiger partial charge in [-0.25, -0.2) is 4.98 Å². The van der Waals surface area contributed by atoms with E-state index in [1.807, 2.05) is 6.07 Å². The number of benzene rings is 2. The Kier molecular flexibility index (Phi) is 12.7. The summed E-state index contributed by atoms with van der Waals surface area (Å²) in [5, 5.41) is 34.1. The molecule has 280 valence electrons. The van der Waals surface area contributed by atoms with Crippen LogP contribution in [-0.4, -0.2) is 114 Å². The molecule has 4 aromatic rings. The lowest BCUT2D eigenvalue weighted by molar-refractivity contribution is -0.131. The van der Waals surface area contributed by atoms with Gasteiger partial charge >= 0.3 is 0 Å². The molecular formula is C40H49N7O6. The second-order valence-electron chi connectivity index (χ2n) is 14.0. The van der Waals surface area contributed by atoms with Crippen LogP contribution in [0.1, 0.15) is 47.6 Å². The van der Waals surface area contributed by atoms with Crippen LogP contribution in [0.4, 0.5) is 5.82 Å². The molecule has 13 nitrogen and oxygen atoms in total. The Balaban J connectivity index is 0.858. The number of nitriles is 1. The number of piperidine rings is 1. The molecule has 2 aliphatic rings. The van der Waals surface area contributed by atoms with E-state index in [0.29, 0.717) is 54.9 Å². The maximum Gasteiger partial charge on any atom is 0.248 e. The normalized spacial score (nSPS) is 16.4. The zero-order valence-electron chi connectivity index (χ0n) is 30.3. The quantitative estimate of drug-likeness (QED) is 0.133.